The maximum Gasteiger partial charge on any atom is 0.262 e. The Labute approximate surface area is 210 Å². The minimum atomic E-state index is -0.382. The normalized spacial score (nSPS) is 13.6. The standard InChI is InChI=1S/C28H29N3O5/c29-27(33)21-14-16-31(17-15-21)28(34)24-8-4-5-9-25(24)30-26(32)19-36-23-12-10-22(11-13-23)35-18-20-6-2-1-3-7-20/h1-13,21H,14-19H2,(H2,29,33)(H,30,32). The smallest absolute Gasteiger partial charge is 0.262 e. The number of piperidine rings is 1. The zero-order chi connectivity index (χ0) is 25.3. The second kappa shape index (κ2) is 11.9. The summed E-state index contributed by atoms with van der Waals surface area (Å²) in [6.07, 6.45) is 1.08. The first-order valence-electron chi connectivity index (χ1n) is 11.9. The van der Waals surface area contributed by atoms with E-state index in [-0.39, 0.29) is 30.2 Å². The molecule has 0 unspecified atom stereocenters. The third-order valence-corrected chi connectivity index (χ3v) is 6.06. The molecule has 0 radical (unpaired) electrons. The van der Waals surface area contributed by atoms with Crippen molar-refractivity contribution in [1.29, 1.82) is 0 Å². The first kappa shape index (κ1) is 24.8. The molecule has 1 fully saturated rings. The van der Waals surface area contributed by atoms with E-state index in [1.165, 1.54) is 0 Å². The Hall–Kier alpha value is -4.33. The van der Waals surface area contributed by atoms with Crippen molar-refractivity contribution < 1.29 is 23.9 Å². The lowest BCUT2D eigenvalue weighted by molar-refractivity contribution is -0.123. The van der Waals surface area contributed by atoms with Gasteiger partial charge >= 0.3 is 0 Å². The molecule has 186 valence electrons. The van der Waals surface area contributed by atoms with E-state index < -0.39 is 0 Å². The second-order valence-corrected chi connectivity index (χ2v) is 8.60. The molecule has 0 bridgehead atoms. The minimum absolute atomic E-state index is 0.194. The largest absolute Gasteiger partial charge is 0.489 e. The van der Waals surface area contributed by atoms with Crippen LogP contribution in [0.25, 0.3) is 0 Å². The van der Waals surface area contributed by atoms with Crippen molar-refractivity contribution in [2.45, 2.75) is 19.4 Å². The van der Waals surface area contributed by atoms with Gasteiger partial charge in [-0.05, 0) is 54.8 Å². The van der Waals surface area contributed by atoms with E-state index >= 15 is 0 Å². The summed E-state index contributed by atoms with van der Waals surface area (Å²) in [5.74, 6) is 0.115. The summed E-state index contributed by atoms with van der Waals surface area (Å²) in [6.45, 7) is 1.15. The van der Waals surface area contributed by atoms with Crippen LogP contribution in [-0.2, 0) is 16.2 Å². The van der Waals surface area contributed by atoms with E-state index in [1.807, 2.05) is 30.3 Å². The molecule has 8 nitrogen and oxygen atoms in total. The fourth-order valence-corrected chi connectivity index (χ4v) is 4.02. The van der Waals surface area contributed by atoms with Crippen LogP contribution in [0.2, 0.25) is 0 Å². The Kier molecular flexibility index (Phi) is 8.18. The number of likely N-dealkylation sites (tertiary alicyclic amines) is 1. The summed E-state index contributed by atoms with van der Waals surface area (Å²) in [4.78, 5) is 38.7. The molecule has 1 saturated heterocycles. The van der Waals surface area contributed by atoms with Crippen LogP contribution in [0.15, 0.2) is 78.9 Å². The van der Waals surface area contributed by atoms with E-state index in [1.54, 1.807) is 53.4 Å². The van der Waals surface area contributed by atoms with Crippen LogP contribution in [0.1, 0.15) is 28.8 Å². The molecule has 1 aliphatic heterocycles. The van der Waals surface area contributed by atoms with Gasteiger partial charge in [-0.2, -0.15) is 0 Å². The van der Waals surface area contributed by atoms with Crippen LogP contribution in [0.3, 0.4) is 0 Å². The number of nitrogens with one attached hydrogen (secondary N) is 1. The topological polar surface area (TPSA) is 111 Å². The number of anilines is 1. The van der Waals surface area contributed by atoms with Crippen molar-refractivity contribution in [2.24, 2.45) is 11.7 Å². The number of nitrogens with zero attached hydrogens (tertiary/aromatic N) is 1. The number of hydrogen-bond donors (Lipinski definition) is 2. The predicted molar refractivity (Wildman–Crippen MR) is 136 cm³/mol. The maximum absolute atomic E-state index is 13.0. The number of rotatable bonds is 9. The quantitative estimate of drug-likeness (QED) is 0.479. The molecule has 0 aliphatic carbocycles. The number of hydrogen-bond acceptors (Lipinski definition) is 5. The number of para-hydroxylation sites is 1. The fourth-order valence-electron chi connectivity index (χ4n) is 4.02. The lowest BCUT2D eigenvalue weighted by Gasteiger charge is -2.31. The lowest BCUT2D eigenvalue weighted by atomic mass is 9.95. The minimum Gasteiger partial charge on any atom is -0.489 e. The summed E-state index contributed by atoms with van der Waals surface area (Å²) in [7, 11) is 0. The van der Waals surface area contributed by atoms with Crippen molar-refractivity contribution in [1.82, 2.24) is 4.90 Å². The highest BCUT2D eigenvalue weighted by Gasteiger charge is 2.27. The molecule has 3 aromatic carbocycles. The van der Waals surface area contributed by atoms with Crippen LogP contribution < -0.4 is 20.5 Å². The number of carbonyl (C=O) groups excluding carboxylic acids is 3. The average molecular weight is 488 g/mol. The van der Waals surface area contributed by atoms with Gasteiger partial charge in [0.15, 0.2) is 6.61 Å². The molecule has 0 saturated carbocycles. The SMILES string of the molecule is NC(=O)C1CCN(C(=O)c2ccccc2NC(=O)COc2ccc(OCc3ccccc3)cc2)CC1. The number of benzene rings is 3. The molecule has 36 heavy (non-hydrogen) atoms. The van der Waals surface area contributed by atoms with Crippen LogP contribution in [-0.4, -0.2) is 42.3 Å². The first-order valence-corrected chi connectivity index (χ1v) is 11.9. The zero-order valence-corrected chi connectivity index (χ0v) is 19.9. The van der Waals surface area contributed by atoms with Gasteiger partial charge in [-0.1, -0.05) is 42.5 Å². The number of ether oxygens (including phenoxy) is 2. The number of nitrogens with two attached hydrogens (primary N) is 1. The molecule has 8 heteroatoms. The molecule has 1 heterocycles. The van der Waals surface area contributed by atoms with Gasteiger partial charge in [0.1, 0.15) is 18.1 Å². The summed E-state index contributed by atoms with van der Waals surface area (Å²) < 4.78 is 11.4. The summed E-state index contributed by atoms with van der Waals surface area (Å²) >= 11 is 0. The Morgan fingerprint density at radius 1 is 0.833 bits per heavy atom. The molecule has 1 aliphatic rings. The third-order valence-electron chi connectivity index (χ3n) is 6.06. The maximum atomic E-state index is 13.0. The van der Waals surface area contributed by atoms with Gasteiger partial charge in [-0.15, -0.1) is 0 Å². The molecule has 0 atom stereocenters. The molecular formula is C28H29N3O5. The van der Waals surface area contributed by atoms with E-state index in [2.05, 4.69) is 5.32 Å². The highest BCUT2D eigenvalue weighted by Crippen LogP contribution is 2.23. The lowest BCUT2D eigenvalue weighted by Crippen LogP contribution is -2.42. The Balaban J connectivity index is 1.28. The van der Waals surface area contributed by atoms with Crippen LogP contribution in [0, 0.1) is 5.92 Å². The monoisotopic (exact) mass is 487 g/mol. The van der Waals surface area contributed by atoms with Crippen molar-refractivity contribution in [3.05, 3.63) is 90.0 Å². The van der Waals surface area contributed by atoms with E-state index in [0.29, 0.717) is 55.3 Å². The predicted octanol–water partition coefficient (Wildman–Crippen LogP) is 3.62. The van der Waals surface area contributed by atoms with Gasteiger partial charge in [0.2, 0.25) is 5.91 Å². The van der Waals surface area contributed by atoms with Crippen LogP contribution >= 0.6 is 0 Å². The Morgan fingerprint density at radius 3 is 2.11 bits per heavy atom. The molecule has 3 N–H and O–H groups in total. The number of amides is 3. The molecule has 0 aromatic heterocycles. The second-order valence-electron chi connectivity index (χ2n) is 8.60. The molecule has 4 rings (SSSR count). The van der Waals surface area contributed by atoms with Crippen LogP contribution in [0.5, 0.6) is 11.5 Å². The highest BCUT2D eigenvalue weighted by molar-refractivity contribution is 6.04. The van der Waals surface area contributed by atoms with E-state index in [9.17, 15) is 14.4 Å². The van der Waals surface area contributed by atoms with Gasteiger partial charge in [-0.3, -0.25) is 14.4 Å². The van der Waals surface area contributed by atoms with Gasteiger partial charge < -0.3 is 25.4 Å². The summed E-state index contributed by atoms with van der Waals surface area (Å²) in [5, 5.41) is 2.77. The zero-order valence-electron chi connectivity index (χ0n) is 19.9. The summed E-state index contributed by atoms with van der Waals surface area (Å²) in [5.41, 5.74) is 7.26. The first-order chi connectivity index (χ1) is 17.5. The molecule has 3 aromatic rings. The van der Waals surface area contributed by atoms with Crippen LogP contribution in [0.4, 0.5) is 5.69 Å². The average Bonchev–Trinajstić information content (AvgIpc) is 2.92. The summed E-state index contributed by atoms with van der Waals surface area (Å²) in [6, 6.07) is 23.8. The number of carbonyl (C=O) groups is 3. The Morgan fingerprint density at radius 2 is 1.44 bits per heavy atom. The highest BCUT2D eigenvalue weighted by atomic mass is 16.5. The fraction of sp³-hybridized carbons (Fsp3) is 0.250. The molecule has 0 spiro atoms. The van der Waals surface area contributed by atoms with Gasteiger partial charge in [-0.25, -0.2) is 0 Å². The Bertz CT molecular complexity index is 1190. The van der Waals surface area contributed by atoms with Gasteiger partial charge in [0, 0.05) is 19.0 Å². The third kappa shape index (κ3) is 6.63. The van der Waals surface area contributed by atoms with E-state index in [0.717, 1.165) is 5.56 Å². The molecule has 3 amide bonds. The van der Waals surface area contributed by atoms with Crippen molar-refractivity contribution in [3.63, 3.8) is 0 Å². The van der Waals surface area contributed by atoms with Crippen molar-refractivity contribution in [2.75, 3.05) is 25.0 Å². The number of primary amides is 1. The van der Waals surface area contributed by atoms with Crippen molar-refractivity contribution in [3.8, 4) is 11.5 Å². The molecular weight excluding hydrogens is 458 g/mol. The van der Waals surface area contributed by atoms with E-state index in [4.69, 9.17) is 15.2 Å². The van der Waals surface area contributed by atoms with Gasteiger partial charge in [0.05, 0.1) is 11.3 Å². The van der Waals surface area contributed by atoms with Crippen molar-refractivity contribution >= 4 is 23.4 Å². The van der Waals surface area contributed by atoms with Gasteiger partial charge in [0.25, 0.3) is 11.8 Å².